The molecule has 0 atom stereocenters. The van der Waals surface area contributed by atoms with E-state index in [1.165, 1.54) is 0 Å². The van der Waals surface area contributed by atoms with Crippen LogP contribution >= 0.6 is 0 Å². The van der Waals surface area contributed by atoms with Crippen molar-refractivity contribution in [1.82, 2.24) is 24.9 Å². The fraction of sp³-hybridized carbons (Fsp3) is 0.312. The fourth-order valence-electron chi connectivity index (χ4n) is 2.47. The number of H-pyrrole nitrogens is 1. The van der Waals surface area contributed by atoms with Crippen LogP contribution in [-0.2, 0) is 13.1 Å². The predicted octanol–water partition coefficient (Wildman–Crippen LogP) is 2.47. The highest BCUT2D eigenvalue weighted by molar-refractivity contribution is 5.93. The first-order valence-corrected chi connectivity index (χ1v) is 7.46. The van der Waals surface area contributed by atoms with Crippen LogP contribution in [0, 0.1) is 6.92 Å². The SMILES string of the molecule is CCn1ncc(CN(C)C(=O)c2cc(-c3ccco3)[nH]n2)c1C. The molecule has 0 aromatic carbocycles. The van der Waals surface area contributed by atoms with E-state index < -0.39 is 0 Å². The van der Waals surface area contributed by atoms with Gasteiger partial charge in [0.25, 0.3) is 5.91 Å². The lowest BCUT2D eigenvalue weighted by molar-refractivity contribution is 0.0779. The number of carbonyl (C=O) groups is 1. The third-order valence-electron chi connectivity index (χ3n) is 3.84. The van der Waals surface area contributed by atoms with Gasteiger partial charge in [-0.05, 0) is 26.0 Å². The summed E-state index contributed by atoms with van der Waals surface area (Å²) in [5.41, 5.74) is 3.15. The van der Waals surface area contributed by atoms with Gasteiger partial charge in [0, 0.05) is 37.5 Å². The van der Waals surface area contributed by atoms with Gasteiger partial charge in [-0.2, -0.15) is 10.2 Å². The summed E-state index contributed by atoms with van der Waals surface area (Å²) in [5, 5.41) is 11.2. The first-order valence-electron chi connectivity index (χ1n) is 7.46. The van der Waals surface area contributed by atoms with E-state index in [2.05, 4.69) is 15.3 Å². The van der Waals surface area contributed by atoms with E-state index in [1.54, 1.807) is 36.5 Å². The molecule has 0 saturated carbocycles. The molecule has 0 saturated heterocycles. The van der Waals surface area contributed by atoms with Crippen molar-refractivity contribution in [2.45, 2.75) is 26.9 Å². The first-order chi connectivity index (χ1) is 11.1. The summed E-state index contributed by atoms with van der Waals surface area (Å²) in [6.07, 6.45) is 3.39. The van der Waals surface area contributed by atoms with Gasteiger partial charge in [-0.25, -0.2) is 0 Å². The molecule has 0 aliphatic heterocycles. The van der Waals surface area contributed by atoms with Crippen molar-refractivity contribution in [2.75, 3.05) is 7.05 Å². The second-order valence-electron chi connectivity index (χ2n) is 5.38. The van der Waals surface area contributed by atoms with Crippen molar-refractivity contribution in [3.63, 3.8) is 0 Å². The monoisotopic (exact) mass is 313 g/mol. The number of aryl methyl sites for hydroxylation is 1. The van der Waals surface area contributed by atoms with E-state index in [4.69, 9.17) is 4.42 Å². The van der Waals surface area contributed by atoms with Crippen LogP contribution in [0.25, 0.3) is 11.5 Å². The largest absolute Gasteiger partial charge is 0.463 e. The Balaban J connectivity index is 1.73. The van der Waals surface area contributed by atoms with Crippen molar-refractivity contribution < 1.29 is 9.21 Å². The van der Waals surface area contributed by atoms with Crippen molar-refractivity contribution in [1.29, 1.82) is 0 Å². The van der Waals surface area contributed by atoms with Crippen LogP contribution in [0.1, 0.15) is 28.7 Å². The minimum absolute atomic E-state index is 0.150. The van der Waals surface area contributed by atoms with Gasteiger partial charge in [-0.1, -0.05) is 0 Å². The lowest BCUT2D eigenvalue weighted by Crippen LogP contribution is -2.26. The summed E-state index contributed by atoms with van der Waals surface area (Å²) < 4.78 is 7.21. The van der Waals surface area contributed by atoms with Gasteiger partial charge in [-0.15, -0.1) is 0 Å². The van der Waals surface area contributed by atoms with E-state index in [0.717, 1.165) is 17.8 Å². The number of hydrogen-bond donors (Lipinski definition) is 1. The molecule has 23 heavy (non-hydrogen) atoms. The molecule has 7 heteroatoms. The molecule has 0 aliphatic rings. The fourth-order valence-corrected chi connectivity index (χ4v) is 2.47. The van der Waals surface area contributed by atoms with Gasteiger partial charge < -0.3 is 9.32 Å². The number of hydrogen-bond acceptors (Lipinski definition) is 4. The number of nitrogens with one attached hydrogen (secondary N) is 1. The minimum Gasteiger partial charge on any atom is -0.463 e. The summed E-state index contributed by atoms with van der Waals surface area (Å²) in [7, 11) is 1.76. The Kier molecular flexibility index (Phi) is 4.01. The zero-order valence-corrected chi connectivity index (χ0v) is 13.4. The quantitative estimate of drug-likeness (QED) is 0.784. The van der Waals surface area contributed by atoms with Crippen LogP contribution in [0.5, 0.6) is 0 Å². The van der Waals surface area contributed by atoms with E-state index in [9.17, 15) is 4.79 Å². The van der Waals surface area contributed by atoms with Crippen LogP contribution in [0.3, 0.4) is 0 Å². The van der Waals surface area contributed by atoms with Gasteiger partial charge in [0.05, 0.1) is 12.5 Å². The highest BCUT2D eigenvalue weighted by atomic mass is 16.3. The van der Waals surface area contributed by atoms with Gasteiger partial charge in [-0.3, -0.25) is 14.6 Å². The second-order valence-corrected chi connectivity index (χ2v) is 5.38. The highest BCUT2D eigenvalue weighted by Crippen LogP contribution is 2.19. The highest BCUT2D eigenvalue weighted by Gasteiger charge is 2.18. The van der Waals surface area contributed by atoms with Crippen molar-refractivity contribution >= 4 is 5.91 Å². The van der Waals surface area contributed by atoms with E-state index in [-0.39, 0.29) is 5.91 Å². The van der Waals surface area contributed by atoms with Gasteiger partial charge >= 0.3 is 0 Å². The Hall–Kier alpha value is -2.83. The van der Waals surface area contributed by atoms with Gasteiger partial charge in [0.1, 0.15) is 5.69 Å². The van der Waals surface area contributed by atoms with Crippen LogP contribution in [0.4, 0.5) is 0 Å². The van der Waals surface area contributed by atoms with Gasteiger partial charge in [0.2, 0.25) is 0 Å². The smallest absolute Gasteiger partial charge is 0.274 e. The third kappa shape index (κ3) is 2.90. The molecule has 0 bridgehead atoms. The molecule has 0 aliphatic carbocycles. The van der Waals surface area contributed by atoms with Crippen LogP contribution in [-0.4, -0.2) is 37.8 Å². The molecule has 0 unspecified atom stereocenters. The number of rotatable bonds is 5. The lowest BCUT2D eigenvalue weighted by Gasteiger charge is -2.15. The standard InChI is InChI=1S/C16H19N5O2/c1-4-21-11(2)12(9-17-21)10-20(3)16(22)14-8-13(18-19-14)15-6-5-7-23-15/h5-9H,4,10H2,1-3H3,(H,18,19). The Morgan fingerprint density at radius 1 is 1.48 bits per heavy atom. The normalized spacial score (nSPS) is 10.9. The maximum absolute atomic E-state index is 12.5. The molecule has 3 heterocycles. The molecule has 7 nitrogen and oxygen atoms in total. The molecule has 0 radical (unpaired) electrons. The topological polar surface area (TPSA) is 80.0 Å². The molecule has 3 aromatic rings. The number of aromatic nitrogens is 4. The number of amides is 1. The molecule has 3 rings (SSSR count). The summed E-state index contributed by atoms with van der Waals surface area (Å²) in [4.78, 5) is 14.1. The number of furan rings is 1. The van der Waals surface area contributed by atoms with Gasteiger partial charge in [0.15, 0.2) is 11.5 Å². The van der Waals surface area contributed by atoms with Crippen LogP contribution in [0.2, 0.25) is 0 Å². The lowest BCUT2D eigenvalue weighted by atomic mass is 10.2. The second kappa shape index (κ2) is 6.12. The Morgan fingerprint density at radius 2 is 2.30 bits per heavy atom. The van der Waals surface area contributed by atoms with Crippen LogP contribution < -0.4 is 0 Å². The molecular formula is C16H19N5O2. The summed E-state index contributed by atoms with van der Waals surface area (Å²) >= 11 is 0. The Morgan fingerprint density at radius 3 is 2.96 bits per heavy atom. The van der Waals surface area contributed by atoms with E-state index >= 15 is 0 Å². The van der Waals surface area contributed by atoms with Crippen LogP contribution in [0.15, 0.2) is 35.1 Å². The molecule has 3 aromatic heterocycles. The summed E-state index contributed by atoms with van der Waals surface area (Å²) in [6.45, 7) is 5.36. The first kappa shape index (κ1) is 15.1. The molecule has 1 N–H and O–H groups in total. The number of carbonyl (C=O) groups excluding carboxylic acids is 1. The maximum atomic E-state index is 12.5. The Bertz CT molecular complexity index is 800. The maximum Gasteiger partial charge on any atom is 0.274 e. The molecule has 0 spiro atoms. The molecule has 1 amide bonds. The molecule has 120 valence electrons. The zero-order chi connectivity index (χ0) is 16.4. The zero-order valence-electron chi connectivity index (χ0n) is 13.4. The summed E-state index contributed by atoms with van der Waals surface area (Å²) in [6, 6.07) is 5.30. The number of nitrogens with zero attached hydrogens (tertiary/aromatic N) is 4. The molecule has 0 fully saturated rings. The van der Waals surface area contributed by atoms with Crippen molar-refractivity contribution in [3.05, 3.63) is 47.6 Å². The number of aromatic amines is 1. The van der Waals surface area contributed by atoms with E-state index in [1.807, 2.05) is 24.6 Å². The van der Waals surface area contributed by atoms with Crippen molar-refractivity contribution in [2.24, 2.45) is 0 Å². The molecular weight excluding hydrogens is 294 g/mol. The van der Waals surface area contributed by atoms with Crippen molar-refractivity contribution in [3.8, 4) is 11.5 Å². The van der Waals surface area contributed by atoms with E-state index in [0.29, 0.717) is 23.7 Å². The Labute approximate surface area is 133 Å². The third-order valence-corrected chi connectivity index (χ3v) is 3.84. The average Bonchev–Trinajstić information content (AvgIpc) is 3.27. The minimum atomic E-state index is -0.150. The average molecular weight is 313 g/mol. The predicted molar refractivity (Wildman–Crippen MR) is 84.7 cm³/mol. The summed E-state index contributed by atoms with van der Waals surface area (Å²) in [5.74, 6) is 0.502.